The number of hydrogen-bond donors (Lipinski definition) is 1. The molecular formula is C22H20N4O3. The predicted octanol–water partition coefficient (Wildman–Crippen LogP) is 3.96. The molecule has 0 saturated carbocycles. The van der Waals surface area contributed by atoms with Gasteiger partial charge in [-0.15, -0.1) is 0 Å². The number of benzene rings is 2. The summed E-state index contributed by atoms with van der Waals surface area (Å²) in [6.07, 6.45) is 3.67. The Morgan fingerprint density at radius 3 is 2.59 bits per heavy atom. The largest absolute Gasteiger partial charge is 0.335 e. The maximum Gasteiger partial charge on any atom is 0.258 e. The molecule has 0 spiro atoms. The summed E-state index contributed by atoms with van der Waals surface area (Å²) in [5.74, 6) is 0.568. The highest BCUT2D eigenvalue weighted by atomic mass is 16.6. The lowest BCUT2D eigenvalue weighted by molar-refractivity contribution is 0.0777. The molecule has 146 valence electrons. The Balaban J connectivity index is 1.61. The molecule has 1 amide bonds. The van der Waals surface area contributed by atoms with Crippen molar-refractivity contribution < 1.29 is 14.2 Å². The molecule has 4 rings (SSSR count). The summed E-state index contributed by atoms with van der Waals surface area (Å²) in [6, 6.07) is 17.1. The molecular weight excluding hydrogens is 368 g/mol. The van der Waals surface area contributed by atoms with Crippen LogP contribution in [-0.2, 0) is 4.84 Å². The van der Waals surface area contributed by atoms with E-state index in [4.69, 9.17) is 9.36 Å². The fourth-order valence-corrected chi connectivity index (χ4v) is 3.28. The highest BCUT2D eigenvalue weighted by Gasteiger charge is 2.34. The highest BCUT2D eigenvalue weighted by Crippen LogP contribution is 2.33. The van der Waals surface area contributed by atoms with Gasteiger partial charge >= 0.3 is 0 Å². The first-order valence-electron chi connectivity index (χ1n) is 9.13. The minimum absolute atomic E-state index is 0.160. The molecule has 0 bridgehead atoms. The minimum Gasteiger partial charge on any atom is -0.335 e. The quantitative estimate of drug-likeness (QED) is 0.644. The first-order valence-corrected chi connectivity index (χ1v) is 9.13. The second-order valence-corrected chi connectivity index (χ2v) is 6.53. The van der Waals surface area contributed by atoms with Crippen molar-refractivity contribution in [1.82, 2.24) is 20.5 Å². The van der Waals surface area contributed by atoms with E-state index in [0.717, 1.165) is 16.8 Å². The molecule has 7 nitrogen and oxygen atoms in total. The Bertz CT molecular complexity index is 1040. The van der Waals surface area contributed by atoms with Crippen molar-refractivity contribution in [2.75, 3.05) is 7.11 Å². The van der Waals surface area contributed by atoms with Gasteiger partial charge in [0.05, 0.1) is 12.8 Å². The molecule has 1 atom stereocenters. The molecule has 1 unspecified atom stereocenters. The minimum atomic E-state index is -0.397. The number of rotatable bonds is 6. The molecule has 0 fully saturated rings. The third kappa shape index (κ3) is 3.81. The smallest absolute Gasteiger partial charge is 0.258 e. The van der Waals surface area contributed by atoms with Crippen molar-refractivity contribution in [3.8, 4) is 11.1 Å². The van der Waals surface area contributed by atoms with Crippen molar-refractivity contribution in [3.63, 3.8) is 0 Å². The zero-order valence-electron chi connectivity index (χ0n) is 15.9. The fourth-order valence-electron chi connectivity index (χ4n) is 3.28. The predicted molar refractivity (Wildman–Crippen MR) is 108 cm³/mol. The van der Waals surface area contributed by atoms with E-state index in [9.17, 15) is 4.79 Å². The van der Waals surface area contributed by atoms with Crippen molar-refractivity contribution >= 4 is 12.0 Å². The zero-order valence-corrected chi connectivity index (χ0v) is 15.9. The molecule has 1 aliphatic rings. The molecule has 2 heterocycles. The van der Waals surface area contributed by atoms with E-state index in [1.807, 2.05) is 54.6 Å². The summed E-state index contributed by atoms with van der Waals surface area (Å²) in [5.41, 5.74) is 6.25. The van der Waals surface area contributed by atoms with Crippen LogP contribution < -0.4 is 5.48 Å². The Kier molecular flexibility index (Phi) is 5.22. The van der Waals surface area contributed by atoms with E-state index < -0.39 is 6.04 Å². The van der Waals surface area contributed by atoms with Gasteiger partial charge in [0.25, 0.3) is 5.91 Å². The van der Waals surface area contributed by atoms with Gasteiger partial charge in [0.2, 0.25) is 5.89 Å². The standard InChI is InChI=1S/C22H20N4O3/c1-3-20-23-21(25-29-20)19-13-18(24-28-2)14-26(19)22(27)17-11-9-16(10-12-17)15-7-5-4-6-8-15/h3-12,14,19,24H,1,13H2,2H3. The Hall–Kier alpha value is -3.71. The summed E-state index contributed by atoms with van der Waals surface area (Å²) in [7, 11) is 1.52. The molecule has 3 aromatic rings. The van der Waals surface area contributed by atoms with Gasteiger partial charge in [-0.3, -0.25) is 15.1 Å². The summed E-state index contributed by atoms with van der Waals surface area (Å²) < 4.78 is 5.13. The molecule has 1 aliphatic heterocycles. The van der Waals surface area contributed by atoms with Gasteiger partial charge in [-0.1, -0.05) is 54.2 Å². The molecule has 29 heavy (non-hydrogen) atoms. The van der Waals surface area contributed by atoms with Crippen LogP contribution in [0.2, 0.25) is 0 Å². The number of hydrogen-bond acceptors (Lipinski definition) is 6. The van der Waals surface area contributed by atoms with Crippen LogP contribution in [-0.4, -0.2) is 28.1 Å². The average molecular weight is 388 g/mol. The highest BCUT2D eigenvalue weighted by molar-refractivity contribution is 5.96. The SMILES string of the molecule is C=Cc1nc(C2CC(NOC)=CN2C(=O)c2ccc(-c3ccccc3)cc2)no1. The van der Waals surface area contributed by atoms with Gasteiger partial charge in [-0.25, -0.2) is 0 Å². The van der Waals surface area contributed by atoms with E-state index in [0.29, 0.717) is 23.7 Å². The lowest BCUT2D eigenvalue weighted by Crippen LogP contribution is -2.28. The average Bonchev–Trinajstić information content (AvgIpc) is 3.41. The maximum absolute atomic E-state index is 13.2. The molecule has 0 radical (unpaired) electrons. The Morgan fingerprint density at radius 2 is 1.93 bits per heavy atom. The molecule has 0 saturated heterocycles. The van der Waals surface area contributed by atoms with Crippen molar-refractivity contribution in [1.29, 1.82) is 0 Å². The monoisotopic (exact) mass is 388 g/mol. The maximum atomic E-state index is 13.2. The van der Waals surface area contributed by atoms with Gasteiger partial charge in [-0.2, -0.15) is 4.98 Å². The third-order valence-electron chi connectivity index (χ3n) is 4.68. The summed E-state index contributed by atoms with van der Waals surface area (Å²) in [6.45, 7) is 3.63. The zero-order chi connectivity index (χ0) is 20.2. The molecule has 1 aromatic heterocycles. The number of carbonyl (C=O) groups excluding carboxylic acids is 1. The van der Waals surface area contributed by atoms with Crippen LogP contribution in [0, 0.1) is 0 Å². The van der Waals surface area contributed by atoms with Crippen LogP contribution >= 0.6 is 0 Å². The van der Waals surface area contributed by atoms with Crippen LogP contribution in [0.5, 0.6) is 0 Å². The van der Waals surface area contributed by atoms with Crippen molar-refractivity contribution in [3.05, 3.63) is 90.4 Å². The number of hydroxylamine groups is 1. The van der Waals surface area contributed by atoms with Gasteiger partial charge in [0.1, 0.15) is 6.04 Å². The first kappa shape index (κ1) is 18.6. The van der Waals surface area contributed by atoms with Crippen LogP contribution in [0.15, 0.2) is 77.6 Å². The molecule has 2 aromatic carbocycles. The lowest BCUT2D eigenvalue weighted by Gasteiger charge is -2.21. The van der Waals surface area contributed by atoms with E-state index in [1.165, 1.54) is 13.2 Å². The van der Waals surface area contributed by atoms with E-state index >= 15 is 0 Å². The second kappa shape index (κ2) is 8.12. The number of aromatic nitrogens is 2. The third-order valence-corrected chi connectivity index (χ3v) is 4.68. The van der Waals surface area contributed by atoms with Crippen LogP contribution in [0.3, 0.4) is 0 Å². The normalized spacial score (nSPS) is 15.8. The van der Waals surface area contributed by atoms with Crippen molar-refractivity contribution in [2.45, 2.75) is 12.5 Å². The summed E-state index contributed by atoms with van der Waals surface area (Å²) >= 11 is 0. The van der Waals surface area contributed by atoms with Gasteiger partial charge < -0.3 is 9.42 Å². The van der Waals surface area contributed by atoms with E-state index in [2.05, 4.69) is 22.2 Å². The molecule has 7 heteroatoms. The molecule has 1 N–H and O–H groups in total. The second-order valence-electron chi connectivity index (χ2n) is 6.53. The van der Waals surface area contributed by atoms with E-state index in [1.54, 1.807) is 11.1 Å². The Morgan fingerprint density at radius 1 is 1.21 bits per heavy atom. The first-order chi connectivity index (χ1) is 14.2. The van der Waals surface area contributed by atoms with Crippen molar-refractivity contribution in [2.24, 2.45) is 0 Å². The topological polar surface area (TPSA) is 80.5 Å². The van der Waals surface area contributed by atoms with E-state index in [-0.39, 0.29) is 5.91 Å². The number of carbonyl (C=O) groups is 1. The number of nitrogens with one attached hydrogen (secondary N) is 1. The van der Waals surface area contributed by atoms with Gasteiger partial charge in [0, 0.05) is 18.2 Å². The van der Waals surface area contributed by atoms with Crippen LogP contribution in [0.25, 0.3) is 17.2 Å². The van der Waals surface area contributed by atoms with Gasteiger partial charge in [-0.05, 0) is 29.3 Å². The lowest BCUT2D eigenvalue weighted by atomic mass is 10.0. The van der Waals surface area contributed by atoms with Crippen LogP contribution in [0.4, 0.5) is 0 Å². The van der Waals surface area contributed by atoms with Crippen LogP contribution in [0.1, 0.15) is 34.5 Å². The summed E-state index contributed by atoms with van der Waals surface area (Å²) in [5, 5.41) is 3.99. The number of nitrogens with zero attached hydrogens (tertiary/aromatic N) is 3. The van der Waals surface area contributed by atoms with Gasteiger partial charge in [0.15, 0.2) is 5.82 Å². The molecule has 0 aliphatic carbocycles. The Labute approximate surface area is 168 Å². The fraction of sp³-hybridized carbons (Fsp3) is 0.136. The summed E-state index contributed by atoms with van der Waals surface area (Å²) in [4.78, 5) is 24.1. The number of amides is 1.